The smallest absolute Gasteiger partial charge is 0.273 e. The number of nitrogens with one attached hydrogen (secondary N) is 2. The first-order chi connectivity index (χ1) is 9.62. The van der Waals surface area contributed by atoms with Gasteiger partial charge in [-0.25, -0.2) is 0 Å². The lowest BCUT2D eigenvalue weighted by Gasteiger charge is -2.09. The number of benzene rings is 2. The maximum atomic E-state index is 10.9. The number of hydrogen-bond donors (Lipinski definition) is 2. The molecule has 2 rings (SSSR count). The number of rotatable bonds is 5. The molecule has 0 atom stereocenters. The first kappa shape index (κ1) is 14.2. The van der Waals surface area contributed by atoms with E-state index in [9.17, 15) is 10.1 Å². The minimum atomic E-state index is -0.400. The van der Waals surface area contributed by atoms with E-state index in [0.717, 1.165) is 5.69 Å². The topological polar surface area (TPSA) is 67.2 Å². The van der Waals surface area contributed by atoms with Gasteiger partial charge in [0.25, 0.3) is 5.69 Å². The van der Waals surface area contributed by atoms with Gasteiger partial charge in [0, 0.05) is 41.1 Å². The fraction of sp³-hybridized carbons (Fsp3) is 0.143. The molecule has 6 heteroatoms. The number of thioether (sulfide) groups is 1. The zero-order chi connectivity index (χ0) is 14.5. The van der Waals surface area contributed by atoms with E-state index < -0.39 is 4.92 Å². The standard InChI is InChI=1S/C14H15N3O2S/c1-15-11-7-12(9-13(8-11)17(18)19)16-10-3-5-14(20-2)6-4-10/h3-9,15-16H,1-2H3. The summed E-state index contributed by atoms with van der Waals surface area (Å²) in [6.45, 7) is 0. The highest BCUT2D eigenvalue weighted by atomic mass is 32.2. The Morgan fingerprint density at radius 3 is 2.25 bits per heavy atom. The van der Waals surface area contributed by atoms with Gasteiger partial charge in [-0.3, -0.25) is 10.1 Å². The zero-order valence-electron chi connectivity index (χ0n) is 11.2. The van der Waals surface area contributed by atoms with Gasteiger partial charge < -0.3 is 10.6 Å². The van der Waals surface area contributed by atoms with Crippen molar-refractivity contribution >= 4 is 34.5 Å². The molecule has 2 N–H and O–H groups in total. The van der Waals surface area contributed by atoms with Crippen molar-refractivity contribution in [2.45, 2.75) is 4.90 Å². The molecule has 0 fully saturated rings. The molecule has 0 amide bonds. The van der Waals surface area contributed by atoms with Crippen LogP contribution >= 0.6 is 11.8 Å². The molecule has 0 unspecified atom stereocenters. The fourth-order valence-corrected chi connectivity index (χ4v) is 2.18. The molecular weight excluding hydrogens is 274 g/mol. The lowest BCUT2D eigenvalue weighted by atomic mass is 10.2. The molecule has 0 aliphatic rings. The van der Waals surface area contributed by atoms with Crippen LogP contribution in [0.4, 0.5) is 22.7 Å². The van der Waals surface area contributed by atoms with Gasteiger partial charge in [-0.2, -0.15) is 0 Å². The first-order valence-electron chi connectivity index (χ1n) is 6.00. The van der Waals surface area contributed by atoms with Gasteiger partial charge in [0.1, 0.15) is 0 Å². The van der Waals surface area contributed by atoms with E-state index in [4.69, 9.17) is 0 Å². The van der Waals surface area contributed by atoms with E-state index in [2.05, 4.69) is 10.6 Å². The number of nitro benzene ring substituents is 1. The van der Waals surface area contributed by atoms with Crippen LogP contribution in [0.3, 0.4) is 0 Å². The van der Waals surface area contributed by atoms with Crippen LogP contribution in [0.5, 0.6) is 0 Å². The number of non-ortho nitro benzene ring substituents is 1. The summed E-state index contributed by atoms with van der Waals surface area (Å²) in [6, 6.07) is 12.8. The third-order valence-electron chi connectivity index (χ3n) is 2.80. The Balaban J connectivity index is 2.27. The van der Waals surface area contributed by atoms with Crippen molar-refractivity contribution in [3.8, 4) is 0 Å². The Kier molecular flexibility index (Phi) is 4.47. The Bertz CT molecular complexity index is 614. The van der Waals surface area contributed by atoms with Crippen LogP contribution in [0.1, 0.15) is 0 Å². The van der Waals surface area contributed by atoms with Gasteiger partial charge in [-0.05, 0) is 36.6 Å². The lowest BCUT2D eigenvalue weighted by Crippen LogP contribution is -1.96. The molecule has 0 aromatic heterocycles. The summed E-state index contributed by atoms with van der Waals surface area (Å²) in [5.41, 5.74) is 2.33. The average Bonchev–Trinajstić information content (AvgIpc) is 2.47. The molecule has 0 spiro atoms. The third kappa shape index (κ3) is 3.42. The molecule has 0 heterocycles. The summed E-state index contributed by atoms with van der Waals surface area (Å²) in [6.07, 6.45) is 2.02. The Labute approximate surface area is 121 Å². The highest BCUT2D eigenvalue weighted by molar-refractivity contribution is 7.98. The Hall–Kier alpha value is -2.21. The molecule has 0 saturated heterocycles. The molecule has 104 valence electrons. The van der Waals surface area contributed by atoms with Crippen LogP contribution < -0.4 is 10.6 Å². The summed E-state index contributed by atoms with van der Waals surface area (Å²) in [5.74, 6) is 0. The second kappa shape index (κ2) is 6.29. The minimum absolute atomic E-state index is 0.0556. The largest absolute Gasteiger partial charge is 0.388 e. The molecule has 0 aliphatic heterocycles. The van der Waals surface area contributed by atoms with Gasteiger partial charge in [0.2, 0.25) is 0 Å². The van der Waals surface area contributed by atoms with Crippen molar-refractivity contribution in [1.29, 1.82) is 0 Å². The summed E-state index contributed by atoms with van der Waals surface area (Å²) in [4.78, 5) is 11.7. The maximum absolute atomic E-state index is 10.9. The summed E-state index contributed by atoms with van der Waals surface area (Å²) in [5, 5.41) is 17.0. The van der Waals surface area contributed by atoms with Crippen molar-refractivity contribution in [2.24, 2.45) is 0 Å². The normalized spacial score (nSPS) is 10.1. The molecule has 20 heavy (non-hydrogen) atoms. The molecule has 0 bridgehead atoms. The van der Waals surface area contributed by atoms with E-state index in [0.29, 0.717) is 11.4 Å². The van der Waals surface area contributed by atoms with Crippen LogP contribution in [0, 0.1) is 10.1 Å². The van der Waals surface area contributed by atoms with Crippen LogP contribution in [0.2, 0.25) is 0 Å². The summed E-state index contributed by atoms with van der Waals surface area (Å²) in [7, 11) is 1.73. The predicted octanol–water partition coefficient (Wildman–Crippen LogP) is 4.10. The van der Waals surface area contributed by atoms with Crippen molar-refractivity contribution in [2.75, 3.05) is 23.9 Å². The quantitative estimate of drug-likeness (QED) is 0.493. The second-order valence-corrected chi connectivity index (χ2v) is 5.01. The van der Waals surface area contributed by atoms with Crippen molar-refractivity contribution in [3.63, 3.8) is 0 Å². The van der Waals surface area contributed by atoms with Crippen LogP contribution in [0.15, 0.2) is 47.4 Å². The molecule has 0 aliphatic carbocycles. The van der Waals surface area contributed by atoms with Crippen molar-refractivity contribution in [1.82, 2.24) is 0 Å². The lowest BCUT2D eigenvalue weighted by molar-refractivity contribution is -0.384. The number of nitro groups is 1. The molecule has 0 radical (unpaired) electrons. The van der Waals surface area contributed by atoms with Gasteiger partial charge in [-0.1, -0.05) is 0 Å². The summed E-state index contributed by atoms with van der Waals surface area (Å²) >= 11 is 1.67. The van der Waals surface area contributed by atoms with E-state index in [-0.39, 0.29) is 5.69 Å². The maximum Gasteiger partial charge on any atom is 0.273 e. The molecule has 2 aromatic carbocycles. The Morgan fingerprint density at radius 1 is 1.05 bits per heavy atom. The Morgan fingerprint density at radius 2 is 1.70 bits per heavy atom. The second-order valence-electron chi connectivity index (χ2n) is 4.13. The number of hydrogen-bond acceptors (Lipinski definition) is 5. The van der Waals surface area contributed by atoms with Crippen molar-refractivity contribution in [3.05, 3.63) is 52.6 Å². The summed E-state index contributed by atoms with van der Waals surface area (Å²) < 4.78 is 0. The van der Waals surface area contributed by atoms with E-state index in [1.165, 1.54) is 17.0 Å². The van der Waals surface area contributed by atoms with Crippen LogP contribution in [-0.2, 0) is 0 Å². The van der Waals surface area contributed by atoms with Gasteiger partial charge in [0.05, 0.1) is 4.92 Å². The van der Waals surface area contributed by atoms with Gasteiger partial charge in [-0.15, -0.1) is 11.8 Å². The monoisotopic (exact) mass is 289 g/mol. The van der Waals surface area contributed by atoms with Crippen molar-refractivity contribution < 1.29 is 4.92 Å². The van der Waals surface area contributed by atoms with Crippen LogP contribution in [0.25, 0.3) is 0 Å². The van der Waals surface area contributed by atoms with E-state index in [1.807, 2.05) is 36.6 Å². The van der Waals surface area contributed by atoms with Crippen LogP contribution in [-0.4, -0.2) is 18.2 Å². The fourth-order valence-electron chi connectivity index (χ4n) is 1.77. The average molecular weight is 289 g/mol. The van der Waals surface area contributed by atoms with Gasteiger partial charge >= 0.3 is 0 Å². The third-order valence-corrected chi connectivity index (χ3v) is 3.54. The van der Waals surface area contributed by atoms with E-state index in [1.54, 1.807) is 18.8 Å². The zero-order valence-corrected chi connectivity index (χ0v) is 12.0. The predicted molar refractivity (Wildman–Crippen MR) is 84.1 cm³/mol. The molecular formula is C14H15N3O2S. The van der Waals surface area contributed by atoms with E-state index >= 15 is 0 Å². The molecule has 2 aromatic rings. The number of anilines is 3. The van der Waals surface area contributed by atoms with Gasteiger partial charge in [0.15, 0.2) is 0 Å². The molecule has 0 saturated carbocycles. The SMILES string of the molecule is CNc1cc(Nc2ccc(SC)cc2)cc([N+](=O)[O-])c1. The number of nitrogens with zero attached hydrogens (tertiary/aromatic N) is 1. The first-order valence-corrected chi connectivity index (χ1v) is 7.23. The molecule has 5 nitrogen and oxygen atoms in total. The highest BCUT2D eigenvalue weighted by Crippen LogP contribution is 2.27. The minimum Gasteiger partial charge on any atom is -0.388 e. The highest BCUT2D eigenvalue weighted by Gasteiger charge is 2.09.